The van der Waals surface area contributed by atoms with Crippen molar-refractivity contribution in [3.63, 3.8) is 0 Å². The highest BCUT2D eigenvalue weighted by molar-refractivity contribution is 7.88. The van der Waals surface area contributed by atoms with Crippen molar-refractivity contribution in [3.05, 3.63) is 33.8 Å². The van der Waals surface area contributed by atoms with Crippen LogP contribution in [0.2, 0.25) is 10.0 Å². The third-order valence-corrected chi connectivity index (χ3v) is 6.85. The SMILES string of the molecule is CN(C(=O)OC(C)(C)C)[C@H]1CCCN(S(=O)(=O)Cc2c(Cl)cccc2Cl)C1. The summed E-state index contributed by atoms with van der Waals surface area (Å²) in [5, 5.41) is 0.649. The first-order chi connectivity index (χ1) is 12.4. The van der Waals surface area contributed by atoms with Gasteiger partial charge in [0.1, 0.15) is 5.60 Å². The Kier molecular flexibility index (Phi) is 7.06. The van der Waals surface area contributed by atoms with Gasteiger partial charge >= 0.3 is 6.09 Å². The van der Waals surface area contributed by atoms with Crippen LogP contribution in [0, 0.1) is 0 Å². The van der Waals surface area contributed by atoms with Crippen molar-refractivity contribution < 1.29 is 17.9 Å². The Hall–Kier alpha value is -1.02. The van der Waals surface area contributed by atoms with E-state index in [0.717, 1.165) is 0 Å². The molecule has 6 nitrogen and oxygen atoms in total. The fourth-order valence-corrected chi connectivity index (χ4v) is 5.27. The monoisotopic (exact) mass is 436 g/mol. The third-order valence-electron chi connectivity index (χ3n) is 4.37. The van der Waals surface area contributed by atoms with Crippen LogP contribution in [-0.2, 0) is 20.5 Å². The smallest absolute Gasteiger partial charge is 0.410 e. The van der Waals surface area contributed by atoms with Crippen LogP contribution in [0.1, 0.15) is 39.2 Å². The zero-order valence-corrected chi connectivity index (χ0v) is 18.4. The van der Waals surface area contributed by atoms with E-state index >= 15 is 0 Å². The minimum Gasteiger partial charge on any atom is -0.444 e. The lowest BCUT2D eigenvalue weighted by molar-refractivity contribution is 0.0173. The molecule has 0 aromatic heterocycles. The molecule has 152 valence electrons. The van der Waals surface area contributed by atoms with Gasteiger partial charge in [-0.05, 0) is 45.7 Å². The molecular formula is C18H26Cl2N2O4S. The average Bonchev–Trinajstić information content (AvgIpc) is 2.56. The number of carbonyl (C=O) groups excluding carboxylic acids is 1. The third kappa shape index (κ3) is 5.98. The molecule has 1 aliphatic heterocycles. The summed E-state index contributed by atoms with van der Waals surface area (Å²) in [4.78, 5) is 13.8. The van der Waals surface area contributed by atoms with Gasteiger partial charge in [0.25, 0.3) is 0 Å². The topological polar surface area (TPSA) is 66.9 Å². The van der Waals surface area contributed by atoms with Crippen molar-refractivity contribution in [2.24, 2.45) is 0 Å². The van der Waals surface area contributed by atoms with Gasteiger partial charge in [-0.15, -0.1) is 0 Å². The fourth-order valence-electron chi connectivity index (χ4n) is 2.92. The highest BCUT2D eigenvalue weighted by Crippen LogP contribution is 2.28. The Morgan fingerprint density at radius 2 is 1.89 bits per heavy atom. The predicted molar refractivity (Wildman–Crippen MR) is 108 cm³/mol. The molecule has 0 saturated carbocycles. The number of carbonyl (C=O) groups is 1. The molecule has 0 bridgehead atoms. The van der Waals surface area contributed by atoms with E-state index in [2.05, 4.69) is 0 Å². The number of rotatable bonds is 4. The molecule has 9 heteroatoms. The van der Waals surface area contributed by atoms with Crippen LogP contribution < -0.4 is 0 Å². The van der Waals surface area contributed by atoms with Gasteiger partial charge in [0.15, 0.2) is 0 Å². The van der Waals surface area contributed by atoms with Gasteiger partial charge in [-0.25, -0.2) is 13.2 Å². The van der Waals surface area contributed by atoms with E-state index in [1.807, 2.05) is 0 Å². The van der Waals surface area contributed by atoms with Crippen LogP contribution in [0.4, 0.5) is 4.79 Å². The van der Waals surface area contributed by atoms with Gasteiger partial charge in [-0.3, -0.25) is 0 Å². The molecule has 0 aliphatic carbocycles. The first kappa shape index (κ1) is 22.3. The Balaban J connectivity index is 2.11. The summed E-state index contributed by atoms with van der Waals surface area (Å²) in [6.07, 6.45) is 0.919. The summed E-state index contributed by atoms with van der Waals surface area (Å²) in [5.41, 5.74) is -0.212. The van der Waals surface area contributed by atoms with E-state index in [1.165, 1.54) is 9.21 Å². The number of piperidine rings is 1. The zero-order valence-electron chi connectivity index (χ0n) is 16.0. The second kappa shape index (κ2) is 8.55. The summed E-state index contributed by atoms with van der Waals surface area (Å²) in [7, 11) is -1.98. The number of nitrogens with zero attached hydrogens (tertiary/aromatic N) is 2. The van der Waals surface area contributed by atoms with Crippen molar-refractivity contribution in [2.75, 3.05) is 20.1 Å². The van der Waals surface area contributed by atoms with E-state index in [0.29, 0.717) is 35.0 Å². The molecule has 1 fully saturated rings. The minimum atomic E-state index is -3.62. The van der Waals surface area contributed by atoms with Gasteiger partial charge in [-0.1, -0.05) is 29.3 Å². The average molecular weight is 437 g/mol. The molecule has 1 amide bonds. The van der Waals surface area contributed by atoms with Crippen LogP contribution in [-0.4, -0.2) is 55.5 Å². The molecule has 0 radical (unpaired) electrons. The van der Waals surface area contributed by atoms with Crippen molar-refractivity contribution in [2.45, 2.75) is 51.0 Å². The maximum Gasteiger partial charge on any atom is 0.410 e. The van der Waals surface area contributed by atoms with E-state index in [9.17, 15) is 13.2 Å². The Morgan fingerprint density at radius 3 is 2.44 bits per heavy atom. The van der Waals surface area contributed by atoms with Crippen molar-refractivity contribution >= 4 is 39.3 Å². The van der Waals surface area contributed by atoms with Crippen LogP contribution in [0.3, 0.4) is 0 Å². The summed E-state index contributed by atoms with van der Waals surface area (Å²) < 4.78 is 32.6. The van der Waals surface area contributed by atoms with E-state index in [1.54, 1.807) is 46.0 Å². The van der Waals surface area contributed by atoms with Crippen molar-refractivity contribution in [1.29, 1.82) is 0 Å². The normalized spacial score (nSPS) is 19.0. The maximum atomic E-state index is 12.9. The second-order valence-corrected chi connectivity index (χ2v) is 10.5. The van der Waals surface area contributed by atoms with Gasteiger partial charge in [0.2, 0.25) is 10.0 Å². The van der Waals surface area contributed by atoms with E-state index < -0.39 is 21.7 Å². The largest absolute Gasteiger partial charge is 0.444 e. The summed E-state index contributed by atoms with van der Waals surface area (Å²) in [6.45, 7) is 6.01. The molecule has 2 rings (SSSR count). The van der Waals surface area contributed by atoms with E-state index in [-0.39, 0.29) is 18.3 Å². The molecule has 1 atom stereocenters. The molecule has 1 heterocycles. The maximum absolute atomic E-state index is 12.9. The molecule has 1 aromatic rings. The number of halogens is 2. The predicted octanol–water partition coefficient (Wildman–Crippen LogP) is 4.15. The summed E-state index contributed by atoms with van der Waals surface area (Å²) in [5.74, 6) is -0.269. The lowest BCUT2D eigenvalue weighted by atomic mass is 10.1. The standard InChI is InChI=1S/C18H26Cl2N2O4S/c1-18(2,3)26-17(23)21(4)13-7-6-10-22(11-13)27(24,25)12-14-15(19)8-5-9-16(14)20/h5,8-9,13H,6-7,10-12H2,1-4H3/t13-/m0/s1. The first-order valence-electron chi connectivity index (χ1n) is 8.77. The van der Waals surface area contributed by atoms with Gasteiger partial charge < -0.3 is 9.64 Å². The number of amides is 1. The molecule has 27 heavy (non-hydrogen) atoms. The van der Waals surface area contributed by atoms with Crippen molar-refractivity contribution in [3.8, 4) is 0 Å². The number of hydrogen-bond acceptors (Lipinski definition) is 4. The molecular weight excluding hydrogens is 411 g/mol. The lowest BCUT2D eigenvalue weighted by Gasteiger charge is -2.37. The minimum absolute atomic E-state index is 0.222. The molecule has 0 N–H and O–H groups in total. The number of ether oxygens (including phenoxy) is 1. The Bertz CT molecular complexity index is 773. The van der Waals surface area contributed by atoms with Crippen LogP contribution in [0.5, 0.6) is 0 Å². The van der Waals surface area contributed by atoms with E-state index in [4.69, 9.17) is 27.9 Å². The summed E-state index contributed by atoms with van der Waals surface area (Å²) >= 11 is 12.2. The summed E-state index contributed by atoms with van der Waals surface area (Å²) in [6, 6.07) is 4.67. The first-order valence-corrected chi connectivity index (χ1v) is 11.1. The Labute approximate surface area is 171 Å². The zero-order chi connectivity index (χ0) is 20.4. The molecule has 1 saturated heterocycles. The number of benzene rings is 1. The van der Waals surface area contributed by atoms with Crippen molar-refractivity contribution in [1.82, 2.24) is 9.21 Å². The highest BCUT2D eigenvalue weighted by atomic mass is 35.5. The number of likely N-dealkylation sites (N-methyl/N-ethyl adjacent to an activating group) is 1. The molecule has 1 aromatic carbocycles. The quantitative estimate of drug-likeness (QED) is 0.710. The van der Waals surface area contributed by atoms with Crippen LogP contribution in [0.15, 0.2) is 18.2 Å². The number of sulfonamides is 1. The molecule has 0 spiro atoms. The lowest BCUT2D eigenvalue weighted by Crippen LogP contribution is -2.51. The van der Waals surface area contributed by atoms with Crippen LogP contribution >= 0.6 is 23.2 Å². The molecule has 1 aliphatic rings. The van der Waals surface area contributed by atoms with Crippen LogP contribution in [0.25, 0.3) is 0 Å². The van der Waals surface area contributed by atoms with Gasteiger partial charge in [0, 0.05) is 41.8 Å². The second-order valence-electron chi connectivity index (χ2n) is 7.70. The highest BCUT2D eigenvalue weighted by Gasteiger charge is 2.34. The van der Waals surface area contributed by atoms with Gasteiger partial charge in [0.05, 0.1) is 5.75 Å². The number of hydrogen-bond donors (Lipinski definition) is 0. The fraction of sp³-hybridized carbons (Fsp3) is 0.611. The van der Waals surface area contributed by atoms with Gasteiger partial charge in [-0.2, -0.15) is 4.31 Å². The molecule has 0 unspecified atom stereocenters. The Morgan fingerprint density at radius 1 is 1.30 bits per heavy atom.